The zero-order valence-electron chi connectivity index (χ0n) is 10.4. The number of aromatic nitrogens is 2. The average molecular weight is 238 g/mol. The summed E-state index contributed by atoms with van der Waals surface area (Å²) in [6.07, 6.45) is 3.48. The zero-order valence-corrected chi connectivity index (χ0v) is 10.4. The van der Waals surface area contributed by atoms with E-state index in [2.05, 4.69) is 35.9 Å². The van der Waals surface area contributed by atoms with E-state index in [0.717, 1.165) is 16.7 Å². The van der Waals surface area contributed by atoms with Crippen LogP contribution < -0.4 is 0 Å². The summed E-state index contributed by atoms with van der Waals surface area (Å²) in [7, 11) is 0. The van der Waals surface area contributed by atoms with Crippen molar-refractivity contribution in [3.05, 3.63) is 48.3 Å². The second-order valence-corrected chi connectivity index (χ2v) is 4.64. The number of rotatable bonds is 2. The first-order valence-electron chi connectivity index (χ1n) is 6.05. The van der Waals surface area contributed by atoms with Gasteiger partial charge >= 0.3 is 0 Å². The Morgan fingerprint density at radius 1 is 1.06 bits per heavy atom. The molecule has 0 aliphatic heterocycles. The van der Waals surface area contributed by atoms with Gasteiger partial charge in [-0.25, -0.2) is 4.98 Å². The summed E-state index contributed by atoms with van der Waals surface area (Å²) in [6, 6.07) is 9.98. The molecule has 0 N–H and O–H groups in total. The van der Waals surface area contributed by atoms with Gasteiger partial charge in [0.05, 0.1) is 0 Å². The van der Waals surface area contributed by atoms with Crippen LogP contribution in [0, 0.1) is 0 Å². The monoisotopic (exact) mass is 238 g/mol. The van der Waals surface area contributed by atoms with Gasteiger partial charge in [-0.05, 0) is 35.7 Å². The van der Waals surface area contributed by atoms with Crippen LogP contribution in [0.25, 0.3) is 22.6 Å². The summed E-state index contributed by atoms with van der Waals surface area (Å²) in [5.41, 5.74) is 3.95. The molecule has 0 aliphatic rings. The third-order valence-corrected chi connectivity index (χ3v) is 3.01. The number of hydrogen-bond donors (Lipinski definition) is 0. The van der Waals surface area contributed by atoms with E-state index in [0.29, 0.717) is 11.8 Å². The van der Waals surface area contributed by atoms with Crippen molar-refractivity contribution in [3.8, 4) is 11.5 Å². The summed E-state index contributed by atoms with van der Waals surface area (Å²) >= 11 is 0. The SMILES string of the molecule is CC(C)c1ccc2nc(-c3ccncc3)oc2c1. The van der Waals surface area contributed by atoms with Crippen LogP contribution >= 0.6 is 0 Å². The van der Waals surface area contributed by atoms with Crippen LogP contribution in [0.3, 0.4) is 0 Å². The lowest BCUT2D eigenvalue weighted by Gasteiger charge is -2.02. The Labute approximate surface area is 105 Å². The van der Waals surface area contributed by atoms with Gasteiger partial charge in [0.2, 0.25) is 5.89 Å². The van der Waals surface area contributed by atoms with E-state index in [-0.39, 0.29) is 0 Å². The van der Waals surface area contributed by atoms with Gasteiger partial charge < -0.3 is 4.42 Å². The molecule has 0 aliphatic carbocycles. The van der Waals surface area contributed by atoms with Gasteiger partial charge in [-0.3, -0.25) is 4.98 Å². The van der Waals surface area contributed by atoms with Gasteiger partial charge in [-0.1, -0.05) is 19.9 Å². The molecule has 0 saturated carbocycles. The summed E-state index contributed by atoms with van der Waals surface area (Å²) < 4.78 is 5.81. The topological polar surface area (TPSA) is 38.9 Å². The number of hydrogen-bond acceptors (Lipinski definition) is 3. The van der Waals surface area contributed by atoms with Crippen molar-refractivity contribution in [2.45, 2.75) is 19.8 Å². The Hall–Kier alpha value is -2.16. The molecule has 3 aromatic rings. The summed E-state index contributed by atoms with van der Waals surface area (Å²) in [5.74, 6) is 1.14. The molecule has 0 amide bonds. The van der Waals surface area contributed by atoms with Gasteiger partial charge in [0.15, 0.2) is 5.58 Å². The lowest BCUT2D eigenvalue weighted by molar-refractivity contribution is 0.618. The van der Waals surface area contributed by atoms with Crippen LogP contribution in [0.5, 0.6) is 0 Å². The fourth-order valence-electron chi connectivity index (χ4n) is 1.92. The quantitative estimate of drug-likeness (QED) is 0.677. The summed E-state index contributed by atoms with van der Waals surface area (Å²) in [4.78, 5) is 8.48. The van der Waals surface area contributed by atoms with Crippen LogP contribution in [0.2, 0.25) is 0 Å². The van der Waals surface area contributed by atoms with E-state index in [1.165, 1.54) is 5.56 Å². The van der Waals surface area contributed by atoms with Crippen molar-refractivity contribution in [1.82, 2.24) is 9.97 Å². The number of pyridine rings is 1. The minimum atomic E-state index is 0.490. The number of benzene rings is 1. The third-order valence-electron chi connectivity index (χ3n) is 3.01. The molecule has 18 heavy (non-hydrogen) atoms. The van der Waals surface area contributed by atoms with Crippen molar-refractivity contribution in [2.24, 2.45) is 0 Å². The van der Waals surface area contributed by atoms with Crippen molar-refractivity contribution < 1.29 is 4.42 Å². The maximum absolute atomic E-state index is 5.81. The van der Waals surface area contributed by atoms with Gasteiger partial charge in [-0.15, -0.1) is 0 Å². The standard InChI is InChI=1S/C15H14N2O/c1-10(2)12-3-4-13-14(9-12)18-15(17-13)11-5-7-16-8-6-11/h3-10H,1-2H3. The molecule has 3 rings (SSSR count). The molecule has 0 unspecified atom stereocenters. The molecule has 0 atom stereocenters. The lowest BCUT2D eigenvalue weighted by Crippen LogP contribution is -1.85. The smallest absolute Gasteiger partial charge is 0.227 e. The summed E-state index contributed by atoms with van der Waals surface area (Å²) in [6.45, 7) is 4.34. The fraction of sp³-hybridized carbons (Fsp3) is 0.200. The number of nitrogens with zero attached hydrogens (tertiary/aromatic N) is 2. The molecule has 2 heterocycles. The van der Waals surface area contributed by atoms with E-state index in [9.17, 15) is 0 Å². The van der Waals surface area contributed by atoms with Crippen LogP contribution in [0.4, 0.5) is 0 Å². The van der Waals surface area contributed by atoms with E-state index >= 15 is 0 Å². The maximum atomic E-state index is 5.81. The van der Waals surface area contributed by atoms with Gasteiger partial charge in [0.1, 0.15) is 5.52 Å². The minimum Gasteiger partial charge on any atom is -0.436 e. The Balaban J connectivity index is 2.11. The molecule has 3 nitrogen and oxygen atoms in total. The molecular weight excluding hydrogens is 224 g/mol. The first-order valence-corrected chi connectivity index (χ1v) is 6.05. The van der Waals surface area contributed by atoms with E-state index in [1.807, 2.05) is 18.2 Å². The zero-order chi connectivity index (χ0) is 12.5. The highest BCUT2D eigenvalue weighted by Crippen LogP contribution is 2.26. The molecule has 2 aromatic heterocycles. The molecule has 0 bridgehead atoms. The molecule has 3 heteroatoms. The molecule has 1 aromatic carbocycles. The number of oxazole rings is 1. The van der Waals surface area contributed by atoms with Crippen LogP contribution in [0.15, 0.2) is 47.1 Å². The first-order chi connectivity index (χ1) is 8.74. The largest absolute Gasteiger partial charge is 0.436 e. The van der Waals surface area contributed by atoms with Crippen molar-refractivity contribution in [3.63, 3.8) is 0 Å². The maximum Gasteiger partial charge on any atom is 0.227 e. The summed E-state index contributed by atoms with van der Waals surface area (Å²) in [5, 5.41) is 0. The molecule has 0 radical (unpaired) electrons. The second-order valence-electron chi connectivity index (χ2n) is 4.64. The van der Waals surface area contributed by atoms with E-state index in [1.54, 1.807) is 12.4 Å². The van der Waals surface area contributed by atoms with Crippen LogP contribution in [-0.4, -0.2) is 9.97 Å². The number of fused-ring (bicyclic) bond motifs is 1. The molecule has 0 saturated heterocycles. The van der Waals surface area contributed by atoms with Crippen molar-refractivity contribution in [2.75, 3.05) is 0 Å². The van der Waals surface area contributed by atoms with Crippen molar-refractivity contribution >= 4 is 11.1 Å². The predicted octanol–water partition coefficient (Wildman–Crippen LogP) is 4.01. The first kappa shape index (κ1) is 11.0. The lowest BCUT2D eigenvalue weighted by atomic mass is 10.0. The Morgan fingerprint density at radius 2 is 1.83 bits per heavy atom. The van der Waals surface area contributed by atoms with Gasteiger partial charge in [-0.2, -0.15) is 0 Å². The van der Waals surface area contributed by atoms with Gasteiger partial charge in [0, 0.05) is 18.0 Å². The van der Waals surface area contributed by atoms with Crippen molar-refractivity contribution in [1.29, 1.82) is 0 Å². The predicted molar refractivity (Wildman–Crippen MR) is 71.3 cm³/mol. The Bertz CT molecular complexity index is 671. The molecule has 0 spiro atoms. The molecular formula is C15H14N2O. The van der Waals surface area contributed by atoms with Crippen LogP contribution in [-0.2, 0) is 0 Å². The molecule has 90 valence electrons. The normalized spacial score (nSPS) is 11.3. The minimum absolute atomic E-state index is 0.490. The third kappa shape index (κ3) is 1.88. The average Bonchev–Trinajstić information content (AvgIpc) is 2.82. The highest BCUT2D eigenvalue weighted by molar-refractivity contribution is 5.76. The van der Waals surface area contributed by atoms with E-state index < -0.39 is 0 Å². The van der Waals surface area contributed by atoms with Crippen LogP contribution in [0.1, 0.15) is 25.3 Å². The second kappa shape index (κ2) is 4.26. The Kier molecular flexibility index (Phi) is 2.59. The highest BCUT2D eigenvalue weighted by Gasteiger charge is 2.09. The fourth-order valence-corrected chi connectivity index (χ4v) is 1.92. The van der Waals surface area contributed by atoms with E-state index in [4.69, 9.17) is 4.42 Å². The highest BCUT2D eigenvalue weighted by atomic mass is 16.3. The Morgan fingerprint density at radius 3 is 2.56 bits per heavy atom. The van der Waals surface area contributed by atoms with Gasteiger partial charge in [0.25, 0.3) is 0 Å². The molecule has 0 fully saturated rings.